The lowest BCUT2D eigenvalue weighted by Gasteiger charge is -2.40. The molecular formula is C13H21N3O3. The van der Waals surface area contributed by atoms with Gasteiger partial charge in [0, 0.05) is 6.54 Å². The normalized spacial score (nSPS) is 29.9. The molecule has 2 fully saturated rings. The number of hydrogen-bond acceptors (Lipinski definition) is 4. The topological polar surface area (TPSA) is 69.7 Å². The van der Waals surface area contributed by atoms with E-state index in [1.807, 2.05) is 20.9 Å². The van der Waals surface area contributed by atoms with Crippen LogP contribution < -0.4 is 5.32 Å². The van der Waals surface area contributed by atoms with Crippen LogP contribution in [-0.2, 0) is 9.59 Å². The lowest BCUT2D eigenvalue weighted by molar-refractivity contribution is -0.146. The number of piperidine rings is 1. The number of nitrogens with zero attached hydrogens (tertiary/aromatic N) is 2. The molecule has 2 unspecified atom stereocenters. The number of rotatable bonds is 2. The number of barbiturate groups is 1. The van der Waals surface area contributed by atoms with E-state index in [1.165, 1.54) is 4.90 Å². The minimum atomic E-state index is -0.745. The highest BCUT2D eigenvalue weighted by Crippen LogP contribution is 2.24. The smallest absolute Gasteiger partial charge is 0.304 e. The summed E-state index contributed by atoms with van der Waals surface area (Å²) in [5.41, 5.74) is 0. The highest BCUT2D eigenvalue weighted by atomic mass is 16.2. The summed E-state index contributed by atoms with van der Waals surface area (Å²) in [5, 5.41) is 2.31. The fourth-order valence-corrected chi connectivity index (χ4v) is 2.89. The maximum atomic E-state index is 12.4. The number of carbonyl (C=O) groups excluding carboxylic acids is 3. The van der Waals surface area contributed by atoms with Gasteiger partial charge >= 0.3 is 6.03 Å². The Bertz CT molecular complexity index is 408. The van der Waals surface area contributed by atoms with Gasteiger partial charge in [0.15, 0.2) is 0 Å². The van der Waals surface area contributed by atoms with E-state index in [0.717, 1.165) is 19.4 Å². The number of urea groups is 1. The molecular weight excluding hydrogens is 246 g/mol. The van der Waals surface area contributed by atoms with Crippen molar-refractivity contribution in [3.63, 3.8) is 0 Å². The average molecular weight is 267 g/mol. The van der Waals surface area contributed by atoms with E-state index in [4.69, 9.17) is 0 Å². The van der Waals surface area contributed by atoms with Crippen molar-refractivity contribution < 1.29 is 14.4 Å². The summed E-state index contributed by atoms with van der Waals surface area (Å²) in [4.78, 5) is 39.5. The van der Waals surface area contributed by atoms with Gasteiger partial charge in [0.1, 0.15) is 5.92 Å². The average Bonchev–Trinajstić information content (AvgIpc) is 2.27. The zero-order valence-corrected chi connectivity index (χ0v) is 11.7. The molecule has 2 aliphatic heterocycles. The predicted octanol–water partition coefficient (Wildman–Crippen LogP) is 0.431. The third-order valence-corrected chi connectivity index (χ3v) is 3.87. The van der Waals surface area contributed by atoms with Gasteiger partial charge in [-0.2, -0.15) is 0 Å². The van der Waals surface area contributed by atoms with E-state index in [1.54, 1.807) is 0 Å². The second-order valence-electron chi connectivity index (χ2n) is 5.78. The fraction of sp³-hybridized carbons (Fsp3) is 0.769. The summed E-state index contributed by atoms with van der Waals surface area (Å²) in [6, 6.07) is -0.687. The van der Waals surface area contributed by atoms with Crippen molar-refractivity contribution in [3.8, 4) is 0 Å². The Labute approximate surface area is 113 Å². The second kappa shape index (κ2) is 5.28. The molecule has 2 aliphatic rings. The van der Waals surface area contributed by atoms with Crippen LogP contribution in [0.2, 0.25) is 0 Å². The number of nitrogens with one attached hydrogen (secondary N) is 1. The van der Waals surface area contributed by atoms with Crippen LogP contribution in [-0.4, -0.2) is 53.8 Å². The summed E-state index contributed by atoms with van der Waals surface area (Å²) < 4.78 is 0. The number of hydrogen-bond donors (Lipinski definition) is 1. The molecule has 0 aliphatic carbocycles. The molecule has 6 nitrogen and oxygen atoms in total. The lowest BCUT2D eigenvalue weighted by Crippen LogP contribution is -2.64. The molecule has 0 bridgehead atoms. The van der Waals surface area contributed by atoms with Gasteiger partial charge in [-0.25, -0.2) is 4.79 Å². The molecule has 0 saturated carbocycles. The summed E-state index contributed by atoms with van der Waals surface area (Å²) in [7, 11) is 1.98. The summed E-state index contributed by atoms with van der Waals surface area (Å²) >= 11 is 0. The van der Waals surface area contributed by atoms with E-state index in [2.05, 4.69) is 10.2 Å². The van der Waals surface area contributed by atoms with Crippen molar-refractivity contribution in [2.75, 3.05) is 20.1 Å². The Kier molecular flexibility index (Phi) is 3.89. The molecule has 0 radical (unpaired) electrons. The molecule has 2 heterocycles. The Hall–Kier alpha value is -1.43. The molecule has 2 rings (SSSR count). The van der Waals surface area contributed by atoms with Gasteiger partial charge in [0.05, 0.1) is 6.04 Å². The maximum Gasteiger partial charge on any atom is 0.331 e. The molecule has 19 heavy (non-hydrogen) atoms. The number of imide groups is 2. The number of likely N-dealkylation sites (tertiary alicyclic amines) is 1. The van der Waals surface area contributed by atoms with Crippen LogP contribution in [0.1, 0.15) is 26.7 Å². The first kappa shape index (κ1) is 14.0. The molecule has 106 valence electrons. The van der Waals surface area contributed by atoms with Crippen LogP contribution in [0.4, 0.5) is 4.79 Å². The third kappa shape index (κ3) is 2.63. The van der Waals surface area contributed by atoms with Crippen LogP contribution in [0.3, 0.4) is 0 Å². The molecule has 2 atom stereocenters. The van der Waals surface area contributed by atoms with Crippen molar-refractivity contribution in [2.24, 2.45) is 11.8 Å². The van der Waals surface area contributed by atoms with Crippen LogP contribution in [0, 0.1) is 11.8 Å². The molecule has 0 aromatic heterocycles. The Morgan fingerprint density at radius 2 is 1.95 bits per heavy atom. The van der Waals surface area contributed by atoms with Crippen LogP contribution in [0.25, 0.3) is 0 Å². The Morgan fingerprint density at radius 1 is 1.26 bits per heavy atom. The van der Waals surface area contributed by atoms with Crippen molar-refractivity contribution in [3.05, 3.63) is 0 Å². The molecule has 0 aromatic rings. The van der Waals surface area contributed by atoms with Crippen molar-refractivity contribution in [1.29, 1.82) is 0 Å². The van der Waals surface area contributed by atoms with Gasteiger partial charge in [-0.3, -0.25) is 19.8 Å². The maximum absolute atomic E-state index is 12.4. The Balaban J connectivity index is 2.20. The first-order chi connectivity index (χ1) is 8.91. The summed E-state index contributed by atoms with van der Waals surface area (Å²) in [6.07, 6.45) is 1.76. The largest absolute Gasteiger partial charge is 0.331 e. The summed E-state index contributed by atoms with van der Waals surface area (Å²) in [5.74, 6) is -1.66. The zero-order valence-electron chi connectivity index (χ0n) is 11.7. The van der Waals surface area contributed by atoms with E-state index in [-0.39, 0.29) is 17.9 Å². The number of amides is 4. The van der Waals surface area contributed by atoms with Crippen molar-refractivity contribution >= 4 is 17.8 Å². The van der Waals surface area contributed by atoms with E-state index in [0.29, 0.717) is 6.54 Å². The van der Waals surface area contributed by atoms with E-state index < -0.39 is 17.9 Å². The summed E-state index contributed by atoms with van der Waals surface area (Å²) in [6.45, 7) is 5.30. The van der Waals surface area contributed by atoms with Crippen molar-refractivity contribution in [2.45, 2.75) is 32.7 Å². The van der Waals surface area contributed by atoms with Gasteiger partial charge in [-0.05, 0) is 32.4 Å². The molecule has 1 N–H and O–H groups in total. The molecule has 2 saturated heterocycles. The second-order valence-corrected chi connectivity index (χ2v) is 5.78. The third-order valence-electron chi connectivity index (χ3n) is 3.87. The molecule has 0 aromatic carbocycles. The van der Waals surface area contributed by atoms with E-state index in [9.17, 15) is 14.4 Å². The highest BCUT2D eigenvalue weighted by Gasteiger charge is 2.45. The van der Waals surface area contributed by atoms with Crippen LogP contribution >= 0.6 is 0 Å². The monoisotopic (exact) mass is 267 g/mol. The van der Waals surface area contributed by atoms with Gasteiger partial charge < -0.3 is 4.90 Å². The van der Waals surface area contributed by atoms with E-state index >= 15 is 0 Å². The SMILES string of the molecule is CC(C)C1C(=O)NC(=O)N(C2CCCN(C)C2)C1=O. The zero-order chi connectivity index (χ0) is 14.2. The van der Waals surface area contributed by atoms with Crippen LogP contribution in [0.5, 0.6) is 0 Å². The van der Waals surface area contributed by atoms with Crippen LogP contribution in [0.15, 0.2) is 0 Å². The first-order valence-electron chi connectivity index (χ1n) is 6.78. The first-order valence-corrected chi connectivity index (χ1v) is 6.78. The van der Waals surface area contributed by atoms with Gasteiger partial charge in [0.2, 0.25) is 11.8 Å². The fourth-order valence-electron chi connectivity index (χ4n) is 2.89. The van der Waals surface area contributed by atoms with Gasteiger partial charge in [-0.15, -0.1) is 0 Å². The minimum Gasteiger partial charge on any atom is -0.304 e. The van der Waals surface area contributed by atoms with Gasteiger partial charge in [-0.1, -0.05) is 13.8 Å². The minimum absolute atomic E-state index is 0.107. The van der Waals surface area contributed by atoms with Crippen molar-refractivity contribution in [1.82, 2.24) is 15.1 Å². The Morgan fingerprint density at radius 3 is 2.53 bits per heavy atom. The molecule has 4 amide bonds. The predicted molar refractivity (Wildman–Crippen MR) is 69.2 cm³/mol. The van der Waals surface area contributed by atoms with Gasteiger partial charge in [0.25, 0.3) is 0 Å². The standard InChI is InChI=1S/C13H21N3O3/c1-8(2)10-11(17)14-13(19)16(12(10)18)9-5-4-6-15(3)7-9/h8-10H,4-7H2,1-3H3,(H,14,17,19). The lowest BCUT2D eigenvalue weighted by atomic mass is 9.90. The molecule has 0 spiro atoms. The quantitative estimate of drug-likeness (QED) is 0.737. The highest BCUT2D eigenvalue weighted by molar-refractivity contribution is 6.16. The molecule has 6 heteroatoms. The number of likely N-dealkylation sites (N-methyl/N-ethyl adjacent to an activating group) is 1. The number of carbonyl (C=O) groups is 3.